The monoisotopic (exact) mass is 611 g/mol. The van der Waals surface area contributed by atoms with Crippen molar-refractivity contribution in [2.45, 2.75) is 31.0 Å². The predicted octanol–water partition coefficient (Wildman–Crippen LogP) is 5.69. The minimum Gasteiger partial charge on any atom is -0.494 e. The van der Waals surface area contributed by atoms with Gasteiger partial charge < -0.3 is 14.5 Å². The molecule has 2 aromatic carbocycles. The molecule has 0 radical (unpaired) electrons. The topological polar surface area (TPSA) is 80.6 Å². The van der Waals surface area contributed by atoms with Crippen LogP contribution in [0.1, 0.15) is 35.3 Å². The van der Waals surface area contributed by atoms with Gasteiger partial charge in [0.25, 0.3) is 5.91 Å². The number of ketones is 1. The van der Waals surface area contributed by atoms with Gasteiger partial charge in [-0.15, -0.1) is 0 Å². The van der Waals surface area contributed by atoms with Crippen LogP contribution in [-0.4, -0.2) is 63.6 Å². The number of rotatable bonds is 5. The first kappa shape index (κ1) is 29.3. The molecule has 0 unspecified atom stereocenters. The number of hydrogen-bond donors (Lipinski definition) is 0. The molecule has 0 aliphatic carbocycles. The van der Waals surface area contributed by atoms with Gasteiger partial charge in [0.15, 0.2) is 11.5 Å². The number of amides is 1. The van der Waals surface area contributed by atoms with Gasteiger partial charge in [0, 0.05) is 56.1 Å². The van der Waals surface area contributed by atoms with Crippen LogP contribution in [0.5, 0.6) is 5.75 Å². The molecule has 0 atom stereocenters. The van der Waals surface area contributed by atoms with E-state index in [0.29, 0.717) is 54.6 Å². The second kappa shape index (κ2) is 11.0. The average Bonchev–Trinajstić information content (AvgIpc) is 3.59. The summed E-state index contributed by atoms with van der Waals surface area (Å²) in [6, 6.07) is 11.4. The highest BCUT2D eigenvalue weighted by Gasteiger charge is 2.51. The number of halogens is 5. The zero-order valence-corrected chi connectivity index (χ0v) is 23.4. The van der Waals surface area contributed by atoms with Crippen LogP contribution in [0.4, 0.5) is 27.6 Å². The number of carbonyl (C=O) groups excluding carboxylic acids is 2. The quantitative estimate of drug-likeness (QED) is 0.270. The van der Waals surface area contributed by atoms with Crippen molar-refractivity contribution in [3.63, 3.8) is 0 Å². The molecule has 2 aliphatic rings. The number of hydrogen-bond acceptors (Lipinski definition) is 6. The third kappa shape index (κ3) is 5.05. The van der Waals surface area contributed by atoms with Crippen molar-refractivity contribution in [3.05, 3.63) is 89.9 Å². The summed E-state index contributed by atoms with van der Waals surface area (Å²) in [6.07, 6.45) is -0.902. The third-order valence-corrected chi connectivity index (χ3v) is 8.30. The van der Waals surface area contributed by atoms with E-state index in [0.717, 1.165) is 12.1 Å². The number of likely N-dealkylation sites (tertiary alicyclic amines) is 1. The lowest BCUT2D eigenvalue weighted by atomic mass is 9.83. The van der Waals surface area contributed by atoms with Crippen molar-refractivity contribution in [3.8, 4) is 22.7 Å². The molecule has 1 amide bonds. The molecule has 0 bridgehead atoms. The number of pyridine rings is 1. The molecule has 0 saturated carbocycles. The van der Waals surface area contributed by atoms with Gasteiger partial charge in [-0.25, -0.2) is 13.5 Å². The number of anilines is 1. The van der Waals surface area contributed by atoms with Gasteiger partial charge in [0.05, 0.1) is 29.7 Å². The first-order valence-electron chi connectivity index (χ1n) is 13.8. The Balaban J connectivity index is 1.29. The molecule has 4 heterocycles. The van der Waals surface area contributed by atoms with E-state index >= 15 is 0 Å². The molecule has 2 aliphatic heterocycles. The number of methoxy groups -OCH3 is 1. The van der Waals surface area contributed by atoms with Gasteiger partial charge in [-0.05, 0) is 55.3 Å². The Morgan fingerprint density at radius 1 is 1.00 bits per heavy atom. The fourth-order valence-electron chi connectivity index (χ4n) is 6.09. The van der Waals surface area contributed by atoms with Crippen LogP contribution in [0.15, 0.2) is 67.0 Å². The lowest BCUT2D eigenvalue weighted by Crippen LogP contribution is -2.57. The van der Waals surface area contributed by atoms with Crippen LogP contribution in [0.25, 0.3) is 16.9 Å². The maximum atomic E-state index is 14.5. The smallest absolute Gasteiger partial charge is 0.419 e. The lowest BCUT2D eigenvalue weighted by molar-refractivity contribution is -0.140. The maximum absolute atomic E-state index is 14.5. The van der Waals surface area contributed by atoms with Crippen LogP contribution in [0.3, 0.4) is 0 Å². The van der Waals surface area contributed by atoms with Gasteiger partial charge in [-0.1, -0.05) is 0 Å². The molecular weight excluding hydrogens is 585 g/mol. The fourth-order valence-corrected chi connectivity index (χ4v) is 6.09. The van der Waals surface area contributed by atoms with E-state index in [1.807, 2.05) is 4.90 Å². The lowest BCUT2D eigenvalue weighted by Gasteiger charge is -2.44. The summed E-state index contributed by atoms with van der Waals surface area (Å²) in [5.41, 5.74) is -0.875. The molecule has 2 saturated heterocycles. The number of alkyl halides is 3. The number of Topliss-reactive ketones (excluding diaryl/α,β-unsaturated/α-hetero) is 1. The number of nitrogens with zero attached hydrogens (tertiary/aromatic N) is 5. The Morgan fingerprint density at radius 2 is 1.77 bits per heavy atom. The SMILES string of the molecule is COc1cc(F)ccc1N1CCC(=O)C12CCN(C(=O)c1cc(-c3cccnc3)n(-c3ccc(C(F)(F)F)c(F)c3)n1)CC2. The van der Waals surface area contributed by atoms with Gasteiger partial charge in [-0.3, -0.25) is 14.6 Å². The fraction of sp³-hybridized carbons (Fsp3) is 0.290. The Hall–Kier alpha value is -4.81. The van der Waals surface area contributed by atoms with Gasteiger partial charge >= 0.3 is 6.18 Å². The van der Waals surface area contributed by atoms with Crippen LogP contribution in [-0.2, 0) is 11.0 Å². The van der Waals surface area contributed by atoms with Crippen LogP contribution in [0, 0.1) is 11.6 Å². The van der Waals surface area contributed by atoms with E-state index in [9.17, 15) is 31.5 Å². The molecule has 8 nitrogen and oxygen atoms in total. The first-order valence-corrected chi connectivity index (χ1v) is 13.8. The summed E-state index contributed by atoms with van der Waals surface area (Å²) in [4.78, 5) is 34.5. The summed E-state index contributed by atoms with van der Waals surface area (Å²) < 4.78 is 74.6. The van der Waals surface area contributed by atoms with Crippen molar-refractivity contribution in [2.24, 2.45) is 0 Å². The van der Waals surface area contributed by atoms with Crippen LogP contribution < -0.4 is 9.64 Å². The van der Waals surface area contributed by atoms with Crippen LogP contribution in [0.2, 0.25) is 0 Å². The van der Waals surface area contributed by atoms with E-state index in [1.54, 1.807) is 23.1 Å². The summed E-state index contributed by atoms with van der Waals surface area (Å²) in [6.45, 7) is 0.862. The van der Waals surface area contributed by atoms with Gasteiger partial charge in [0.1, 0.15) is 22.9 Å². The molecule has 4 aromatic rings. The minimum absolute atomic E-state index is 0.00471. The van der Waals surface area contributed by atoms with E-state index in [2.05, 4.69) is 10.1 Å². The number of ether oxygens (including phenoxy) is 1. The second-order valence-corrected chi connectivity index (χ2v) is 10.7. The number of benzene rings is 2. The Morgan fingerprint density at radius 3 is 2.43 bits per heavy atom. The highest BCUT2D eigenvalue weighted by atomic mass is 19.4. The van der Waals surface area contributed by atoms with Crippen molar-refractivity contribution in [2.75, 3.05) is 31.6 Å². The van der Waals surface area contributed by atoms with E-state index in [1.165, 1.54) is 42.4 Å². The van der Waals surface area contributed by atoms with Crippen molar-refractivity contribution >= 4 is 17.4 Å². The highest BCUT2D eigenvalue weighted by molar-refractivity contribution is 5.97. The molecule has 6 rings (SSSR count). The minimum atomic E-state index is -4.87. The molecule has 13 heteroatoms. The van der Waals surface area contributed by atoms with E-state index in [-0.39, 0.29) is 30.3 Å². The summed E-state index contributed by atoms with van der Waals surface area (Å²) in [5.74, 6) is -2.04. The molecule has 228 valence electrons. The zero-order chi connectivity index (χ0) is 31.2. The summed E-state index contributed by atoms with van der Waals surface area (Å²) in [5, 5.41) is 4.38. The van der Waals surface area contributed by atoms with Crippen LogP contribution >= 0.6 is 0 Å². The Bertz CT molecular complexity index is 1730. The van der Waals surface area contributed by atoms with Gasteiger partial charge in [-0.2, -0.15) is 18.3 Å². The van der Waals surface area contributed by atoms with Crippen molar-refractivity contribution in [1.82, 2.24) is 19.7 Å². The molecule has 0 N–H and O–H groups in total. The number of piperidine rings is 1. The first-order chi connectivity index (χ1) is 21.0. The van der Waals surface area contributed by atoms with Crippen molar-refractivity contribution in [1.29, 1.82) is 0 Å². The molecule has 2 fully saturated rings. The number of aromatic nitrogens is 3. The summed E-state index contributed by atoms with van der Waals surface area (Å²) in [7, 11) is 1.43. The Kier molecular flexibility index (Phi) is 7.34. The van der Waals surface area contributed by atoms with E-state index < -0.39 is 34.8 Å². The molecule has 44 heavy (non-hydrogen) atoms. The predicted molar refractivity (Wildman–Crippen MR) is 150 cm³/mol. The standard InChI is InChI=1S/C31H26F5N5O3/c1-44-27-15-20(32)4-7-25(27)40-12-8-28(42)30(40)9-13-39(14-10-30)29(43)24-17-26(19-3-2-11-37-18-19)41(38-24)21-5-6-22(23(33)16-21)31(34,35)36/h2-7,11,15-18H,8-10,12-14H2,1H3. The second-order valence-electron chi connectivity index (χ2n) is 10.7. The van der Waals surface area contributed by atoms with Crippen molar-refractivity contribution < 1.29 is 36.3 Å². The third-order valence-electron chi connectivity index (χ3n) is 8.30. The molecule has 2 aromatic heterocycles. The summed E-state index contributed by atoms with van der Waals surface area (Å²) >= 11 is 0. The normalized spacial score (nSPS) is 16.5. The number of carbonyl (C=O) groups is 2. The maximum Gasteiger partial charge on any atom is 0.419 e. The molecule has 1 spiro atoms. The van der Waals surface area contributed by atoms with E-state index in [4.69, 9.17) is 4.74 Å². The average molecular weight is 612 g/mol. The zero-order valence-electron chi connectivity index (χ0n) is 23.4. The molecular formula is C31H26F5N5O3. The highest BCUT2D eigenvalue weighted by Crippen LogP contribution is 2.43. The largest absolute Gasteiger partial charge is 0.494 e. The van der Waals surface area contributed by atoms with Gasteiger partial charge in [0.2, 0.25) is 0 Å². The Labute approximate surface area is 248 Å².